The fraction of sp³-hybridized carbons (Fsp3) is 0.636. The van der Waals surface area contributed by atoms with E-state index in [1.165, 1.54) is 12.2 Å². The van der Waals surface area contributed by atoms with Crippen molar-refractivity contribution in [1.29, 1.82) is 0 Å². The van der Waals surface area contributed by atoms with Crippen molar-refractivity contribution in [3.8, 4) is 0 Å². The van der Waals surface area contributed by atoms with Crippen LogP contribution in [0.15, 0.2) is 23.8 Å². The van der Waals surface area contributed by atoms with Crippen molar-refractivity contribution in [1.82, 2.24) is 0 Å². The number of hydrogen-bond donors (Lipinski definition) is 1. The summed E-state index contributed by atoms with van der Waals surface area (Å²) in [5, 5.41) is 9.28. The van der Waals surface area contributed by atoms with Crippen molar-refractivity contribution in [2.45, 2.75) is 46.2 Å². The maximum atomic E-state index is 15.2. The highest BCUT2D eigenvalue weighted by Gasteiger charge is 2.66. The first kappa shape index (κ1) is 19.2. The highest BCUT2D eigenvalue weighted by atomic mass is 19.1. The molecule has 8 atom stereocenters. The molecule has 0 spiro atoms. The zero-order valence-electron chi connectivity index (χ0n) is 16.3. The highest BCUT2D eigenvalue weighted by molar-refractivity contribution is 6.33. The molecule has 2 unspecified atom stereocenters. The summed E-state index contributed by atoms with van der Waals surface area (Å²) in [7, 11) is 0. The van der Waals surface area contributed by atoms with Gasteiger partial charge in [0.25, 0.3) is 0 Å². The maximum absolute atomic E-state index is 15.2. The predicted octanol–water partition coefficient (Wildman–Crippen LogP) is 2.94. The molecule has 0 radical (unpaired) electrons. The van der Waals surface area contributed by atoms with Crippen LogP contribution in [0.1, 0.15) is 40.0 Å². The summed E-state index contributed by atoms with van der Waals surface area (Å²) < 4.78 is 15.2. The number of carbonyl (C=O) groups is 4. The average molecular weight is 388 g/mol. The molecule has 3 fully saturated rings. The number of rotatable bonds is 2. The zero-order valence-corrected chi connectivity index (χ0v) is 16.3. The van der Waals surface area contributed by atoms with E-state index in [4.69, 9.17) is 0 Å². The second kappa shape index (κ2) is 5.94. The first-order valence-corrected chi connectivity index (χ1v) is 9.90. The molecular formula is C22H25FO5. The Balaban J connectivity index is 1.79. The second-order valence-electron chi connectivity index (χ2n) is 9.58. The molecule has 4 aliphatic carbocycles. The van der Waals surface area contributed by atoms with E-state index in [0.717, 1.165) is 0 Å². The van der Waals surface area contributed by atoms with Crippen molar-refractivity contribution in [3.05, 3.63) is 23.8 Å². The van der Waals surface area contributed by atoms with Crippen LogP contribution < -0.4 is 0 Å². The normalized spacial score (nSPS) is 47.1. The van der Waals surface area contributed by atoms with Gasteiger partial charge in [0.1, 0.15) is 12.0 Å². The molecular weight excluding hydrogens is 363 g/mol. The Hall–Kier alpha value is -2.11. The molecule has 4 aliphatic rings. The van der Waals surface area contributed by atoms with E-state index in [0.29, 0.717) is 12.0 Å². The van der Waals surface area contributed by atoms with E-state index in [-0.39, 0.29) is 42.2 Å². The summed E-state index contributed by atoms with van der Waals surface area (Å²) in [6.07, 6.45) is 3.96. The minimum Gasteiger partial charge on any atom is -0.475 e. The van der Waals surface area contributed by atoms with Crippen LogP contribution in [0.5, 0.6) is 0 Å². The number of halogens is 1. The van der Waals surface area contributed by atoms with Crippen LogP contribution in [0.2, 0.25) is 0 Å². The first-order chi connectivity index (χ1) is 13.0. The van der Waals surface area contributed by atoms with Crippen molar-refractivity contribution in [3.63, 3.8) is 0 Å². The monoisotopic (exact) mass is 388 g/mol. The Bertz CT molecular complexity index is 857. The number of carboxylic acids is 1. The molecule has 3 saturated carbocycles. The van der Waals surface area contributed by atoms with Gasteiger partial charge in [-0.2, -0.15) is 0 Å². The van der Waals surface area contributed by atoms with Crippen molar-refractivity contribution in [2.75, 3.05) is 0 Å². The number of aliphatic carboxylic acids is 1. The number of alkyl halides is 1. The third kappa shape index (κ3) is 2.36. The van der Waals surface area contributed by atoms with E-state index in [2.05, 4.69) is 0 Å². The third-order valence-corrected chi connectivity index (χ3v) is 8.07. The largest absolute Gasteiger partial charge is 0.475 e. The number of carboxylic acid groups (broad SMARTS) is 1. The number of fused-ring (bicyclic) bond motifs is 5. The SMILES string of the molecule is CC1C[C@H]2[C@@H]3CC(F)C4=CC(=O)C=C[C@]4(C)[C@H]3C(=O)C[C@]2(C)[C@H]1C(=O)C(=O)O. The molecule has 6 heteroatoms. The van der Waals surface area contributed by atoms with Gasteiger partial charge in [0.15, 0.2) is 5.78 Å². The minimum atomic E-state index is -1.47. The van der Waals surface area contributed by atoms with Crippen LogP contribution in [0.25, 0.3) is 0 Å². The maximum Gasteiger partial charge on any atom is 0.372 e. The Labute approximate surface area is 163 Å². The van der Waals surface area contributed by atoms with Gasteiger partial charge in [-0.3, -0.25) is 14.4 Å². The van der Waals surface area contributed by atoms with Crippen LogP contribution in [-0.2, 0) is 19.2 Å². The second-order valence-corrected chi connectivity index (χ2v) is 9.58. The van der Waals surface area contributed by atoms with Crippen molar-refractivity contribution < 1.29 is 28.7 Å². The van der Waals surface area contributed by atoms with Gasteiger partial charge < -0.3 is 5.11 Å². The molecule has 0 heterocycles. The van der Waals surface area contributed by atoms with E-state index >= 15 is 4.39 Å². The topological polar surface area (TPSA) is 88.5 Å². The molecule has 0 aliphatic heterocycles. The quantitative estimate of drug-likeness (QED) is 0.735. The van der Waals surface area contributed by atoms with Crippen molar-refractivity contribution in [2.24, 2.45) is 40.4 Å². The standard InChI is InChI=1S/C22H25FO5/c1-10-6-13-12-8-15(23)14-7-11(24)4-5-21(14,2)18(12)16(25)9-22(13,3)17(10)19(26)20(27)28/h4-5,7,10,12-13,15,17-18H,6,8-9H2,1-3H3,(H,27,28)/t10?,12-,13-,15?,17+,18+,21-,22-/m0/s1. The molecule has 5 nitrogen and oxygen atoms in total. The van der Waals surface area contributed by atoms with Gasteiger partial charge in [0.05, 0.1) is 0 Å². The molecule has 1 N–H and O–H groups in total. The van der Waals surface area contributed by atoms with Crippen LogP contribution in [0.3, 0.4) is 0 Å². The molecule has 0 amide bonds. The van der Waals surface area contributed by atoms with Crippen LogP contribution >= 0.6 is 0 Å². The molecule has 150 valence electrons. The summed E-state index contributed by atoms with van der Waals surface area (Å²) >= 11 is 0. The minimum absolute atomic E-state index is 0.0552. The lowest BCUT2D eigenvalue weighted by Crippen LogP contribution is -2.57. The fourth-order valence-electron chi connectivity index (χ4n) is 7.10. The fourth-order valence-corrected chi connectivity index (χ4v) is 7.10. The van der Waals surface area contributed by atoms with Crippen molar-refractivity contribution >= 4 is 23.3 Å². The number of Topliss-reactive ketones (excluding diaryl/α,β-unsaturated/α-hetero) is 2. The van der Waals surface area contributed by atoms with E-state index < -0.39 is 40.6 Å². The van der Waals surface area contributed by atoms with Gasteiger partial charge in [-0.25, -0.2) is 9.18 Å². The van der Waals surface area contributed by atoms with Gasteiger partial charge in [-0.05, 0) is 53.7 Å². The average Bonchev–Trinajstić information content (AvgIpc) is 2.85. The summed E-state index contributed by atoms with van der Waals surface area (Å²) in [5.74, 6) is -4.33. The zero-order chi connectivity index (χ0) is 20.6. The number of ketones is 3. The Morgan fingerprint density at radius 2 is 1.89 bits per heavy atom. The van der Waals surface area contributed by atoms with Gasteiger partial charge in [-0.15, -0.1) is 0 Å². The number of allylic oxidation sites excluding steroid dienone is 4. The summed E-state index contributed by atoms with van der Waals surface area (Å²) in [5.41, 5.74) is -1.23. The lowest BCUT2D eigenvalue weighted by molar-refractivity contribution is -0.157. The van der Waals surface area contributed by atoms with Gasteiger partial charge in [-0.1, -0.05) is 26.8 Å². The lowest BCUT2D eigenvalue weighted by Gasteiger charge is -2.56. The molecule has 0 aromatic heterocycles. The van der Waals surface area contributed by atoms with Gasteiger partial charge in [0, 0.05) is 23.7 Å². The summed E-state index contributed by atoms with van der Waals surface area (Å²) in [4.78, 5) is 49.0. The molecule has 0 bridgehead atoms. The van der Waals surface area contributed by atoms with Gasteiger partial charge in [0.2, 0.25) is 5.78 Å². The van der Waals surface area contributed by atoms with Crippen LogP contribution in [-0.4, -0.2) is 34.6 Å². The third-order valence-electron chi connectivity index (χ3n) is 8.07. The Kier molecular flexibility index (Phi) is 4.08. The number of hydrogen-bond acceptors (Lipinski definition) is 4. The van der Waals surface area contributed by atoms with Crippen LogP contribution in [0.4, 0.5) is 4.39 Å². The van der Waals surface area contributed by atoms with Gasteiger partial charge >= 0.3 is 5.97 Å². The first-order valence-electron chi connectivity index (χ1n) is 9.90. The molecule has 0 aromatic rings. The molecule has 0 aromatic carbocycles. The van der Waals surface area contributed by atoms with E-state index in [1.54, 1.807) is 6.08 Å². The summed E-state index contributed by atoms with van der Waals surface area (Å²) in [6, 6.07) is 0. The Morgan fingerprint density at radius 1 is 1.21 bits per heavy atom. The smallest absolute Gasteiger partial charge is 0.372 e. The molecule has 28 heavy (non-hydrogen) atoms. The lowest BCUT2D eigenvalue weighted by atomic mass is 9.47. The predicted molar refractivity (Wildman–Crippen MR) is 98.0 cm³/mol. The molecule has 4 rings (SSSR count). The highest BCUT2D eigenvalue weighted by Crippen LogP contribution is 2.66. The van der Waals surface area contributed by atoms with E-state index in [1.807, 2.05) is 20.8 Å². The number of carbonyl (C=O) groups excluding carboxylic acids is 3. The summed E-state index contributed by atoms with van der Waals surface area (Å²) in [6.45, 7) is 5.52. The molecule has 0 saturated heterocycles. The van der Waals surface area contributed by atoms with Crippen LogP contribution in [0, 0.1) is 40.4 Å². The van der Waals surface area contributed by atoms with E-state index in [9.17, 15) is 24.3 Å². The Morgan fingerprint density at radius 3 is 2.54 bits per heavy atom.